The molecule has 2 N–H and O–H groups in total. The molecule has 2 nitrogen and oxygen atoms in total. The maximum absolute atomic E-state index is 8.79. The standard InChI is InChI=1S/C8H11NOS/c1-8(9-10)5-3-2-4-7(11)6-8/h2-6,9-11H,1H3. The Morgan fingerprint density at radius 1 is 1.55 bits per heavy atom. The minimum absolute atomic E-state index is 0.499. The van der Waals surface area contributed by atoms with Crippen LogP contribution in [0.5, 0.6) is 0 Å². The van der Waals surface area contributed by atoms with Gasteiger partial charge in [0.25, 0.3) is 0 Å². The number of rotatable bonds is 1. The molecule has 1 atom stereocenters. The predicted octanol–water partition coefficient (Wildman–Crippen LogP) is 1.66. The summed E-state index contributed by atoms with van der Waals surface area (Å²) in [6.07, 6.45) is 9.29. The largest absolute Gasteiger partial charge is 0.316 e. The Hall–Kier alpha value is -0.510. The molecule has 1 rings (SSSR count). The minimum atomic E-state index is -0.499. The van der Waals surface area contributed by atoms with Gasteiger partial charge in [-0.3, -0.25) is 0 Å². The third-order valence-corrected chi connectivity index (χ3v) is 1.79. The lowest BCUT2D eigenvalue weighted by Crippen LogP contribution is -2.35. The first-order chi connectivity index (χ1) is 5.16. The molecule has 60 valence electrons. The molecule has 1 unspecified atom stereocenters. The molecule has 1 aliphatic carbocycles. The topological polar surface area (TPSA) is 32.3 Å². The van der Waals surface area contributed by atoms with Crippen LogP contribution in [0.4, 0.5) is 0 Å². The molecule has 0 saturated carbocycles. The van der Waals surface area contributed by atoms with Crippen molar-refractivity contribution in [3.05, 3.63) is 35.3 Å². The molecule has 0 aromatic carbocycles. The number of nitrogens with one attached hydrogen (secondary N) is 1. The van der Waals surface area contributed by atoms with Gasteiger partial charge in [-0.25, -0.2) is 0 Å². The molecule has 0 amide bonds. The van der Waals surface area contributed by atoms with Crippen LogP contribution in [0.15, 0.2) is 35.3 Å². The van der Waals surface area contributed by atoms with Gasteiger partial charge in [-0.15, -0.1) is 12.6 Å². The monoisotopic (exact) mass is 169 g/mol. The van der Waals surface area contributed by atoms with Crippen molar-refractivity contribution in [1.29, 1.82) is 0 Å². The van der Waals surface area contributed by atoms with Crippen LogP contribution < -0.4 is 5.48 Å². The summed E-state index contributed by atoms with van der Waals surface area (Å²) in [7, 11) is 0. The lowest BCUT2D eigenvalue weighted by Gasteiger charge is -2.18. The molecule has 0 aromatic rings. The van der Waals surface area contributed by atoms with Gasteiger partial charge in [0, 0.05) is 4.91 Å². The molecule has 0 radical (unpaired) electrons. The van der Waals surface area contributed by atoms with Crippen LogP contribution >= 0.6 is 12.6 Å². The van der Waals surface area contributed by atoms with Crippen molar-refractivity contribution < 1.29 is 5.21 Å². The SMILES string of the molecule is CC1(NO)C=CC=CC(S)=C1. The molecule has 11 heavy (non-hydrogen) atoms. The number of hydrogen-bond donors (Lipinski definition) is 3. The number of hydrogen-bond acceptors (Lipinski definition) is 3. The summed E-state index contributed by atoms with van der Waals surface area (Å²) in [5, 5.41) is 8.79. The van der Waals surface area contributed by atoms with E-state index in [0.29, 0.717) is 0 Å². The Balaban J connectivity index is 2.92. The fraction of sp³-hybridized carbons (Fsp3) is 0.250. The van der Waals surface area contributed by atoms with Crippen LogP contribution in [-0.2, 0) is 0 Å². The number of hydroxylamine groups is 1. The molecule has 0 bridgehead atoms. The summed E-state index contributed by atoms with van der Waals surface area (Å²) in [4.78, 5) is 0.832. The highest BCUT2D eigenvalue weighted by atomic mass is 32.1. The van der Waals surface area contributed by atoms with E-state index in [2.05, 4.69) is 18.1 Å². The average Bonchev–Trinajstić information content (AvgIpc) is 2.13. The molecule has 0 spiro atoms. The fourth-order valence-corrected chi connectivity index (χ4v) is 1.24. The van der Waals surface area contributed by atoms with Crippen LogP contribution in [0.2, 0.25) is 0 Å². The summed E-state index contributed by atoms with van der Waals surface area (Å²) in [6.45, 7) is 1.85. The van der Waals surface area contributed by atoms with Gasteiger partial charge in [-0.05, 0) is 19.1 Å². The van der Waals surface area contributed by atoms with Crippen LogP contribution in [0, 0.1) is 0 Å². The second-order valence-electron chi connectivity index (χ2n) is 2.68. The highest BCUT2D eigenvalue weighted by Gasteiger charge is 2.16. The van der Waals surface area contributed by atoms with Crippen molar-refractivity contribution in [2.75, 3.05) is 0 Å². The quantitative estimate of drug-likeness (QED) is 0.412. The van der Waals surface area contributed by atoms with Crippen molar-refractivity contribution >= 4 is 12.6 Å². The minimum Gasteiger partial charge on any atom is -0.316 e. The second kappa shape index (κ2) is 3.26. The first-order valence-corrected chi connectivity index (χ1v) is 3.80. The molecule has 0 fully saturated rings. The van der Waals surface area contributed by atoms with Gasteiger partial charge in [0.2, 0.25) is 0 Å². The third kappa shape index (κ3) is 2.22. The Bertz CT molecular complexity index is 232. The zero-order chi connectivity index (χ0) is 8.32. The molecule has 0 aromatic heterocycles. The summed E-state index contributed by atoms with van der Waals surface area (Å²) in [6, 6.07) is 0. The van der Waals surface area contributed by atoms with Crippen molar-refractivity contribution in [3.63, 3.8) is 0 Å². The summed E-state index contributed by atoms with van der Waals surface area (Å²) >= 11 is 4.18. The van der Waals surface area contributed by atoms with Gasteiger partial charge in [0.1, 0.15) is 0 Å². The van der Waals surface area contributed by atoms with Gasteiger partial charge in [-0.2, -0.15) is 5.48 Å². The van der Waals surface area contributed by atoms with E-state index in [-0.39, 0.29) is 0 Å². The summed E-state index contributed by atoms with van der Waals surface area (Å²) in [5.74, 6) is 0. The van der Waals surface area contributed by atoms with E-state index in [1.165, 1.54) is 0 Å². The van der Waals surface area contributed by atoms with Gasteiger partial charge >= 0.3 is 0 Å². The van der Waals surface area contributed by atoms with Gasteiger partial charge in [0.15, 0.2) is 0 Å². The van der Waals surface area contributed by atoms with Crippen LogP contribution in [-0.4, -0.2) is 10.7 Å². The van der Waals surface area contributed by atoms with Crippen molar-refractivity contribution in [1.82, 2.24) is 5.48 Å². The Labute approximate surface area is 71.7 Å². The van der Waals surface area contributed by atoms with E-state index >= 15 is 0 Å². The van der Waals surface area contributed by atoms with Crippen LogP contribution in [0.1, 0.15) is 6.92 Å². The summed E-state index contributed by atoms with van der Waals surface area (Å²) in [5.41, 5.74) is 1.70. The van der Waals surface area contributed by atoms with Crippen molar-refractivity contribution in [2.45, 2.75) is 12.5 Å². The molecular formula is C8H11NOS. The predicted molar refractivity (Wildman–Crippen MR) is 48.7 cm³/mol. The average molecular weight is 169 g/mol. The van der Waals surface area contributed by atoms with E-state index in [1.54, 1.807) is 0 Å². The maximum Gasteiger partial charge on any atom is 0.0777 e. The summed E-state index contributed by atoms with van der Waals surface area (Å²) < 4.78 is 0. The van der Waals surface area contributed by atoms with Gasteiger partial charge < -0.3 is 5.21 Å². The van der Waals surface area contributed by atoms with E-state index in [1.807, 2.05) is 37.3 Å². The lowest BCUT2D eigenvalue weighted by molar-refractivity contribution is 0.119. The maximum atomic E-state index is 8.79. The van der Waals surface area contributed by atoms with Crippen molar-refractivity contribution in [3.8, 4) is 0 Å². The molecule has 3 heteroatoms. The zero-order valence-corrected chi connectivity index (χ0v) is 7.18. The third-order valence-electron chi connectivity index (χ3n) is 1.51. The van der Waals surface area contributed by atoms with Crippen LogP contribution in [0.3, 0.4) is 0 Å². The van der Waals surface area contributed by atoms with Gasteiger partial charge in [0.05, 0.1) is 5.54 Å². The van der Waals surface area contributed by atoms with Crippen LogP contribution in [0.25, 0.3) is 0 Å². The van der Waals surface area contributed by atoms with E-state index in [0.717, 1.165) is 4.91 Å². The molecule has 0 saturated heterocycles. The van der Waals surface area contributed by atoms with Crippen molar-refractivity contribution in [2.24, 2.45) is 0 Å². The number of allylic oxidation sites excluding steroid dienone is 3. The molecule has 0 heterocycles. The molecule has 0 aliphatic heterocycles. The van der Waals surface area contributed by atoms with E-state index < -0.39 is 5.54 Å². The zero-order valence-electron chi connectivity index (χ0n) is 6.28. The molecule has 1 aliphatic rings. The second-order valence-corrected chi connectivity index (χ2v) is 3.20. The Morgan fingerprint density at radius 3 is 2.91 bits per heavy atom. The van der Waals surface area contributed by atoms with Gasteiger partial charge in [-0.1, -0.05) is 18.2 Å². The van der Waals surface area contributed by atoms with E-state index in [4.69, 9.17) is 5.21 Å². The highest BCUT2D eigenvalue weighted by molar-refractivity contribution is 7.84. The molecular weight excluding hydrogens is 158 g/mol. The first kappa shape index (κ1) is 8.59. The smallest absolute Gasteiger partial charge is 0.0777 e. The normalized spacial score (nSPS) is 29.9. The Morgan fingerprint density at radius 2 is 2.27 bits per heavy atom. The number of thiol groups is 1. The Kier molecular flexibility index (Phi) is 2.54. The fourth-order valence-electron chi connectivity index (χ4n) is 0.883. The first-order valence-electron chi connectivity index (χ1n) is 3.35. The highest BCUT2D eigenvalue weighted by Crippen LogP contribution is 2.16. The lowest BCUT2D eigenvalue weighted by atomic mass is 10.0. The van der Waals surface area contributed by atoms with E-state index in [9.17, 15) is 0 Å².